The zero-order valence-corrected chi connectivity index (χ0v) is 24.0. The fourth-order valence-corrected chi connectivity index (χ4v) is 7.14. The van der Waals surface area contributed by atoms with Crippen molar-refractivity contribution >= 4 is 27.3 Å². The second-order valence-corrected chi connectivity index (χ2v) is 12.1. The van der Waals surface area contributed by atoms with Crippen LogP contribution in [0.3, 0.4) is 0 Å². The number of rotatable bonds is 9. The maximum absolute atomic E-state index is 14.0. The second-order valence-electron chi connectivity index (χ2n) is 10.4. The van der Waals surface area contributed by atoms with Crippen molar-refractivity contribution in [3.05, 3.63) is 83.4 Å². The summed E-state index contributed by atoms with van der Waals surface area (Å²) in [5.74, 6) is 0.509. The summed E-state index contributed by atoms with van der Waals surface area (Å²) >= 11 is 0. The molecule has 2 aliphatic rings. The summed E-state index contributed by atoms with van der Waals surface area (Å²) in [4.78, 5) is 17.6. The Hall–Kier alpha value is -3.40. The number of anilines is 2. The maximum atomic E-state index is 14.0. The standard InChI is InChI=1S/C31H38N4O4S/c1-3-34-17-19-35(20-18-34)29-16-13-25(32-31(36)21-23-11-14-26(39-2)15-12-23)22-30(29)40(37,38)33-28-10-6-8-24-7-4-5-9-27(24)28/h4-5,7,9,11-16,22,28,33H,3,6,8,10,17-21H2,1-2H3,(H,32,36). The Morgan fingerprint density at radius 3 is 2.48 bits per heavy atom. The average molecular weight is 563 g/mol. The fraction of sp³-hybridized carbons (Fsp3) is 0.387. The van der Waals surface area contributed by atoms with E-state index in [1.807, 2.05) is 48.5 Å². The first-order chi connectivity index (χ1) is 19.4. The van der Waals surface area contributed by atoms with Crippen LogP contribution >= 0.6 is 0 Å². The molecule has 1 heterocycles. The number of methoxy groups -OCH3 is 1. The highest BCUT2D eigenvalue weighted by atomic mass is 32.2. The van der Waals surface area contributed by atoms with Gasteiger partial charge >= 0.3 is 0 Å². The van der Waals surface area contributed by atoms with Crippen LogP contribution in [0, 0.1) is 0 Å². The molecule has 8 nitrogen and oxygen atoms in total. The Morgan fingerprint density at radius 1 is 1.00 bits per heavy atom. The molecule has 1 amide bonds. The van der Waals surface area contributed by atoms with Crippen molar-refractivity contribution in [2.45, 2.75) is 43.5 Å². The van der Waals surface area contributed by atoms with E-state index in [9.17, 15) is 13.2 Å². The molecule has 3 aromatic rings. The molecule has 212 valence electrons. The third-order valence-corrected chi connectivity index (χ3v) is 9.38. The first-order valence-corrected chi connectivity index (χ1v) is 15.5. The number of hydrogen-bond acceptors (Lipinski definition) is 6. The summed E-state index contributed by atoms with van der Waals surface area (Å²) in [5.41, 5.74) is 4.20. The molecule has 3 aromatic carbocycles. The minimum absolute atomic E-state index is 0.171. The summed E-state index contributed by atoms with van der Waals surface area (Å²) in [6.07, 6.45) is 2.80. The number of nitrogens with zero attached hydrogens (tertiary/aromatic N) is 2. The molecule has 5 rings (SSSR count). The SMILES string of the molecule is CCN1CCN(c2ccc(NC(=O)Cc3ccc(OC)cc3)cc2S(=O)(=O)NC2CCCc3ccccc32)CC1. The predicted molar refractivity (Wildman–Crippen MR) is 159 cm³/mol. The topological polar surface area (TPSA) is 91.0 Å². The number of sulfonamides is 1. The molecule has 1 aliphatic heterocycles. The molecule has 1 fully saturated rings. The maximum Gasteiger partial charge on any atom is 0.243 e. The van der Waals surface area contributed by atoms with Crippen LogP contribution in [-0.2, 0) is 27.7 Å². The molecule has 1 aliphatic carbocycles. The van der Waals surface area contributed by atoms with Gasteiger partial charge in [-0.1, -0.05) is 43.3 Å². The molecule has 0 spiro atoms. The molecule has 1 saturated heterocycles. The monoisotopic (exact) mass is 562 g/mol. The van der Waals surface area contributed by atoms with Crippen molar-refractivity contribution in [2.75, 3.05) is 50.1 Å². The van der Waals surface area contributed by atoms with Gasteiger partial charge in [0.25, 0.3) is 0 Å². The van der Waals surface area contributed by atoms with E-state index in [1.165, 1.54) is 5.56 Å². The molecule has 0 aromatic heterocycles. The summed E-state index contributed by atoms with van der Waals surface area (Å²) in [7, 11) is -2.30. The van der Waals surface area contributed by atoms with Gasteiger partial charge in [-0.2, -0.15) is 0 Å². The number of hydrogen-bond donors (Lipinski definition) is 2. The highest BCUT2D eigenvalue weighted by Crippen LogP contribution is 2.34. The number of piperazine rings is 1. The fourth-order valence-electron chi connectivity index (χ4n) is 5.63. The van der Waals surface area contributed by atoms with E-state index in [0.29, 0.717) is 11.4 Å². The largest absolute Gasteiger partial charge is 0.497 e. The molecular formula is C31H38N4O4S. The lowest BCUT2D eigenvalue weighted by Gasteiger charge is -2.36. The van der Waals surface area contributed by atoms with Gasteiger partial charge in [-0.3, -0.25) is 4.79 Å². The molecule has 40 heavy (non-hydrogen) atoms. The molecule has 0 bridgehead atoms. The number of benzene rings is 3. The number of amides is 1. The Bertz CT molecular complexity index is 1430. The zero-order valence-electron chi connectivity index (χ0n) is 23.2. The number of aryl methyl sites for hydroxylation is 1. The lowest BCUT2D eigenvalue weighted by molar-refractivity contribution is -0.115. The third-order valence-electron chi connectivity index (χ3n) is 7.88. The molecule has 0 radical (unpaired) electrons. The number of nitrogens with one attached hydrogen (secondary N) is 2. The van der Waals surface area contributed by atoms with Crippen molar-refractivity contribution in [2.24, 2.45) is 0 Å². The molecule has 0 saturated carbocycles. The zero-order chi connectivity index (χ0) is 28.1. The van der Waals surface area contributed by atoms with Crippen LogP contribution < -0.4 is 19.7 Å². The van der Waals surface area contributed by atoms with Gasteiger partial charge in [0.2, 0.25) is 15.9 Å². The average Bonchev–Trinajstić information content (AvgIpc) is 2.97. The van der Waals surface area contributed by atoms with Crippen LogP contribution in [0.4, 0.5) is 11.4 Å². The summed E-state index contributed by atoms with van der Waals surface area (Å²) in [6, 6.07) is 20.3. The van der Waals surface area contributed by atoms with E-state index in [1.54, 1.807) is 19.2 Å². The van der Waals surface area contributed by atoms with Crippen LogP contribution in [0.25, 0.3) is 0 Å². The van der Waals surface area contributed by atoms with E-state index in [2.05, 4.69) is 32.8 Å². The van der Waals surface area contributed by atoms with Gasteiger partial charge in [0.1, 0.15) is 10.6 Å². The highest BCUT2D eigenvalue weighted by molar-refractivity contribution is 7.89. The van der Waals surface area contributed by atoms with E-state index < -0.39 is 10.0 Å². The lowest BCUT2D eigenvalue weighted by atomic mass is 9.88. The van der Waals surface area contributed by atoms with Crippen LogP contribution in [-0.4, -0.2) is 59.1 Å². The Labute approximate surface area is 237 Å². The van der Waals surface area contributed by atoms with Gasteiger partial charge in [-0.25, -0.2) is 13.1 Å². The van der Waals surface area contributed by atoms with Gasteiger partial charge in [0.05, 0.1) is 19.2 Å². The highest BCUT2D eigenvalue weighted by Gasteiger charge is 2.30. The third kappa shape index (κ3) is 6.49. The van der Waals surface area contributed by atoms with E-state index in [0.717, 1.165) is 68.9 Å². The van der Waals surface area contributed by atoms with Crippen molar-refractivity contribution in [3.63, 3.8) is 0 Å². The van der Waals surface area contributed by atoms with Crippen molar-refractivity contribution in [3.8, 4) is 5.75 Å². The first kappa shape index (κ1) is 28.1. The van der Waals surface area contributed by atoms with Crippen LogP contribution in [0.5, 0.6) is 5.75 Å². The number of likely N-dealkylation sites (N-methyl/N-ethyl adjacent to an activating group) is 1. The van der Waals surface area contributed by atoms with E-state index in [4.69, 9.17) is 4.74 Å². The smallest absolute Gasteiger partial charge is 0.243 e. The number of ether oxygens (including phenoxy) is 1. The van der Waals surface area contributed by atoms with Gasteiger partial charge in [-0.15, -0.1) is 0 Å². The predicted octanol–water partition coefficient (Wildman–Crippen LogP) is 4.37. The van der Waals surface area contributed by atoms with E-state index >= 15 is 0 Å². The normalized spacial score (nSPS) is 17.8. The number of fused-ring (bicyclic) bond motifs is 1. The lowest BCUT2D eigenvalue weighted by Crippen LogP contribution is -2.46. The number of carbonyl (C=O) groups excluding carboxylic acids is 1. The van der Waals surface area contributed by atoms with Crippen molar-refractivity contribution in [1.29, 1.82) is 0 Å². The summed E-state index contributed by atoms with van der Waals surface area (Å²) in [5, 5.41) is 2.91. The molecule has 9 heteroatoms. The van der Waals surface area contributed by atoms with Crippen molar-refractivity contribution < 1.29 is 17.9 Å². The molecule has 1 unspecified atom stereocenters. The molecule has 2 N–H and O–H groups in total. The van der Waals surface area contributed by atoms with Crippen LogP contribution in [0.2, 0.25) is 0 Å². The molecular weight excluding hydrogens is 524 g/mol. The number of carbonyl (C=O) groups is 1. The minimum Gasteiger partial charge on any atom is -0.497 e. The molecule has 1 atom stereocenters. The van der Waals surface area contributed by atoms with Gasteiger partial charge in [0, 0.05) is 37.9 Å². The second kappa shape index (κ2) is 12.4. The van der Waals surface area contributed by atoms with Crippen molar-refractivity contribution in [1.82, 2.24) is 9.62 Å². The first-order valence-electron chi connectivity index (χ1n) is 14.0. The van der Waals surface area contributed by atoms with E-state index in [-0.39, 0.29) is 23.3 Å². The van der Waals surface area contributed by atoms with Crippen LogP contribution in [0.15, 0.2) is 71.6 Å². The Morgan fingerprint density at radius 2 is 1.75 bits per heavy atom. The quantitative estimate of drug-likeness (QED) is 0.403. The summed E-state index contributed by atoms with van der Waals surface area (Å²) < 4.78 is 36.2. The van der Waals surface area contributed by atoms with Gasteiger partial charge in [-0.05, 0) is 72.8 Å². The van der Waals surface area contributed by atoms with Crippen LogP contribution in [0.1, 0.15) is 42.5 Å². The van der Waals surface area contributed by atoms with Gasteiger partial charge in [0.15, 0.2) is 0 Å². The summed E-state index contributed by atoms with van der Waals surface area (Å²) in [6.45, 7) is 6.35. The Kier molecular flexibility index (Phi) is 8.73. The van der Waals surface area contributed by atoms with Gasteiger partial charge < -0.3 is 19.9 Å². The minimum atomic E-state index is -3.90. The Balaban J connectivity index is 1.41.